The predicted molar refractivity (Wildman–Crippen MR) is 145 cm³/mol. The summed E-state index contributed by atoms with van der Waals surface area (Å²) in [6, 6.07) is 12.3. The molecule has 4 heterocycles. The van der Waals surface area contributed by atoms with E-state index in [2.05, 4.69) is 28.2 Å². The van der Waals surface area contributed by atoms with Gasteiger partial charge in [0, 0.05) is 42.6 Å². The summed E-state index contributed by atoms with van der Waals surface area (Å²) in [7, 11) is 0. The Hall–Kier alpha value is -3.27. The normalized spacial score (nSPS) is 15.6. The lowest BCUT2D eigenvalue weighted by molar-refractivity contribution is 0.0703. The van der Waals surface area contributed by atoms with Gasteiger partial charge in [0.2, 0.25) is 0 Å². The number of carbonyl (C=O) groups is 1. The van der Waals surface area contributed by atoms with E-state index in [4.69, 9.17) is 10.7 Å². The van der Waals surface area contributed by atoms with Crippen LogP contribution in [-0.2, 0) is 6.42 Å². The fraction of sp³-hybridized carbons (Fsp3) is 0.370. The number of nitrogens with zero attached hydrogens (tertiary/aromatic N) is 3. The largest absolute Gasteiger partial charge is 0.477 e. The van der Waals surface area contributed by atoms with Crippen LogP contribution in [0, 0.1) is 0 Å². The monoisotopic (exact) mass is 505 g/mol. The van der Waals surface area contributed by atoms with E-state index in [-0.39, 0.29) is 4.88 Å². The van der Waals surface area contributed by atoms with Crippen LogP contribution in [-0.4, -0.2) is 51.8 Å². The van der Waals surface area contributed by atoms with Crippen LogP contribution in [0.25, 0.3) is 21.0 Å². The second-order valence-corrected chi connectivity index (χ2v) is 10.4. The van der Waals surface area contributed by atoms with Crippen LogP contribution < -0.4 is 16.0 Å². The van der Waals surface area contributed by atoms with E-state index < -0.39 is 12.1 Å². The first-order chi connectivity index (χ1) is 17.4. The number of nitrogens with two attached hydrogens (primary N) is 1. The van der Waals surface area contributed by atoms with Gasteiger partial charge in [0.05, 0.1) is 11.4 Å². The Morgan fingerprint density at radius 3 is 2.72 bits per heavy atom. The smallest absolute Gasteiger partial charge is 0.348 e. The zero-order chi connectivity index (χ0) is 25.2. The molecule has 36 heavy (non-hydrogen) atoms. The maximum Gasteiger partial charge on any atom is 0.348 e. The summed E-state index contributed by atoms with van der Waals surface area (Å²) >= 11 is 1.15. The van der Waals surface area contributed by atoms with Crippen molar-refractivity contribution in [3.63, 3.8) is 0 Å². The molecule has 1 atom stereocenters. The Labute approximate surface area is 213 Å². The van der Waals surface area contributed by atoms with Crippen LogP contribution in [0.4, 0.5) is 11.5 Å². The lowest BCUT2D eigenvalue weighted by Gasteiger charge is -2.34. The number of aromatic nitrogens is 2. The molecule has 5 rings (SSSR count). The molecule has 0 spiro atoms. The van der Waals surface area contributed by atoms with Crippen LogP contribution >= 0.6 is 11.3 Å². The molecule has 0 amide bonds. The number of rotatable bonds is 8. The Morgan fingerprint density at radius 2 is 2.00 bits per heavy atom. The summed E-state index contributed by atoms with van der Waals surface area (Å²) in [5, 5.41) is 26.6. The molecule has 0 bridgehead atoms. The highest BCUT2D eigenvalue weighted by molar-refractivity contribution is 7.21. The lowest BCUT2D eigenvalue weighted by Crippen LogP contribution is -2.44. The first kappa shape index (κ1) is 24.4. The molecule has 1 saturated heterocycles. The van der Waals surface area contributed by atoms with Crippen molar-refractivity contribution in [2.45, 2.75) is 44.8 Å². The number of fused-ring (bicyclic) bond motifs is 2. The van der Waals surface area contributed by atoms with E-state index in [1.54, 1.807) is 0 Å². The van der Waals surface area contributed by atoms with Gasteiger partial charge in [-0.3, -0.25) is 4.98 Å². The summed E-state index contributed by atoms with van der Waals surface area (Å²) in [6.07, 6.45) is 4.76. The topological polar surface area (TPSA) is 125 Å². The van der Waals surface area contributed by atoms with E-state index >= 15 is 0 Å². The summed E-state index contributed by atoms with van der Waals surface area (Å²) in [4.78, 5) is 24.0. The maximum absolute atomic E-state index is 11.6. The van der Waals surface area contributed by atoms with Crippen molar-refractivity contribution in [3.05, 3.63) is 58.7 Å². The van der Waals surface area contributed by atoms with Gasteiger partial charge in [-0.1, -0.05) is 37.6 Å². The van der Waals surface area contributed by atoms with Gasteiger partial charge in [-0.05, 0) is 42.3 Å². The molecule has 3 aromatic heterocycles. The van der Waals surface area contributed by atoms with Gasteiger partial charge in [0.1, 0.15) is 21.6 Å². The molecule has 1 fully saturated rings. The highest BCUT2D eigenvalue weighted by Crippen LogP contribution is 2.37. The molecule has 5 N–H and O–H groups in total. The molecule has 188 valence electrons. The van der Waals surface area contributed by atoms with Crippen molar-refractivity contribution < 1.29 is 15.0 Å². The summed E-state index contributed by atoms with van der Waals surface area (Å²) in [5.74, 6) is -0.129. The van der Waals surface area contributed by atoms with Crippen LogP contribution in [0.5, 0.6) is 0 Å². The quantitative estimate of drug-likeness (QED) is 0.278. The number of piperidine rings is 1. The van der Waals surface area contributed by atoms with Gasteiger partial charge in [0.15, 0.2) is 0 Å². The van der Waals surface area contributed by atoms with Gasteiger partial charge in [0.25, 0.3) is 0 Å². The van der Waals surface area contributed by atoms with Crippen molar-refractivity contribution in [1.82, 2.24) is 15.3 Å². The van der Waals surface area contributed by atoms with Crippen LogP contribution in [0.1, 0.15) is 53.2 Å². The minimum Gasteiger partial charge on any atom is -0.477 e. The number of aryl methyl sites for hydroxylation is 1. The number of hydrogen-bond donors (Lipinski definition) is 4. The van der Waals surface area contributed by atoms with Crippen molar-refractivity contribution in [2.75, 3.05) is 30.3 Å². The highest BCUT2D eigenvalue weighted by atomic mass is 32.1. The van der Waals surface area contributed by atoms with E-state index in [1.165, 1.54) is 0 Å². The molecule has 1 aliphatic rings. The number of hydrogen-bond acceptors (Lipinski definition) is 8. The minimum absolute atomic E-state index is 0.161. The molecule has 0 radical (unpaired) electrons. The number of carboxylic acids is 1. The van der Waals surface area contributed by atoms with Gasteiger partial charge in [-0.15, -0.1) is 11.3 Å². The summed E-state index contributed by atoms with van der Waals surface area (Å²) in [6.45, 7) is 4.22. The number of nitrogens with one attached hydrogen (secondary N) is 1. The molecule has 1 unspecified atom stereocenters. The van der Waals surface area contributed by atoms with Crippen molar-refractivity contribution in [2.24, 2.45) is 0 Å². The number of aliphatic hydroxyl groups excluding tert-OH is 1. The minimum atomic E-state index is -1.01. The number of benzene rings is 1. The van der Waals surface area contributed by atoms with E-state index in [0.29, 0.717) is 28.8 Å². The predicted octanol–water partition coefficient (Wildman–Crippen LogP) is 4.37. The third kappa shape index (κ3) is 4.86. The van der Waals surface area contributed by atoms with Crippen molar-refractivity contribution in [1.29, 1.82) is 0 Å². The number of anilines is 2. The van der Waals surface area contributed by atoms with Crippen LogP contribution in [0.2, 0.25) is 0 Å². The number of aromatic carboxylic acids is 1. The van der Waals surface area contributed by atoms with Crippen molar-refractivity contribution >= 4 is 49.8 Å². The fourth-order valence-corrected chi connectivity index (χ4v) is 5.93. The zero-order valence-corrected chi connectivity index (χ0v) is 21.1. The lowest BCUT2D eigenvalue weighted by atomic mass is 10.0. The number of carboxylic acid groups (broad SMARTS) is 1. The number of pyridine rings is 2. The Balaban J connectivity index is 1.23. The first-order valence-electron chi connectivity index (χ1n) is 12.4. The third-order valence-corrected chi connectivity index (χ3v) is 7.98. The molecular formula is C27H31N5O3S. The van der Waals surface area contributed by atoms with E-state index in [0.717, 1.165) is 77.6 Å². The maximum atomic E-state index is 11.6. The fourth-order valence-electron chi connectivity index (χ4n) is 4.95. The van der Waals surface area contributed by atoms with Crippen molar-refractivity contribution in [3.8, 4) is 0 Å². The Morgan fingerprint density at radius 1 is 1.25 bits per heavy atom. The van der Waals surface area contributed by atoms with E-state index in [1.807, 2.05) is 36.5 Å². The summed E-state index contributed by atoms with van der Waals surface area (Å²) < 4.78 is 0. The molecule has 0 aliphatic carbocycles. The second-order valence-electron chi connectivity index (χ2n) is 9.36. The molecular weight excluding hydrogens is 474 g/mol. The number of nitrogen functional groups attached to an aromatic ring is 1. The highest BCUT2D eigenvalue weighted by Gasteiger charge is 2.24. The average molecular weight is 506 g/mol. The van der Waals surface area contributed by atoms with Crippen LogP contribution in [0.15, 0.2) is 42.6 Å². The molecule has 1 aliphatic heterocycles. The van der Waals surface area contributed by atoms with Gasteiger partial charge < -0.3 is 26.2 Å². The van der Waals surface area contributed by atoms with E-state index in [9.17, 15) is 15.0 Å². The molecule has 9 heteroatoms. The molecule has 8 nitrogen and oxygen atoms in total. The SMILES string of the molecule is CCCc1cc(N2CCC(NCC(O)c3cc4ccccc4cn3)CC2)nc2sc(C(=O)O)c(N)c12. The average Bonchev–Trinajstić information content (AvgIpc) is 3.24. The molecule has 1 aromatic carbocycles. The standard InChI is InChI=1S/C27H31N5O3S/c1-2-5-17-13-22(31-26-23(17)24(28)25(36-26)27(34)35)32-10-8-19(9-11-32)29-15-21(33)20-12-16-6-3-4-7-18(16)14-30-20/h3-4,6-7,12-14,19,21,29,33H,2,5,8-11,15,28H2,1H3,(H,34,35). The van der Waals surface area contributed by atoms with Crippen LogP contribution in [0.3, 0.4) is 0 Å². The van der Waals surface area contributed by atoms with Gasteiger partial charge >= 0.3 is 5.97 Å². The Bertz CT molecular complexity index is 1400. The Kier molecular flexibility index (Phi) is 7.04. The second kappa shape index (κ2) is 10.4. The molecule has 0 saturated carbocycles. The molecule has 4 aromatic rings. The summed E-state index contributed by atoms with van der Waals surface area (Å²) in [5.41, 5.74) is 8.25. The first-order valence-corrected chi connectivity index (χ1v) is 13.2. The third-order valence-electron chi connectivity index (χ3n) is 6.89. The van der Waals surface area contributed by atoms with Gasteiger partial charge in [-0.2, -0.15) is 0 Å². The number of aliphatic hydroxyl groups is 1. The number of thiophene rings is 1. The zero-order valence-electron chi connectivity index (χ0n) is 20.3. The van der Waals surface area contributed by atoms with Gasteiger partial charge in [-0.25, -0.2) is 9.78 Å².